The summed E-state index contributed by atoms with van der Waals surface area (Å²) in [7, 11) is 1.44. The third-order valence-electron chi connectivity index (χ3n) is 2.87. The number of carbonyl (C=O) groups is 1. The lowest BCUT2D eigenvalue weighted by atomic mass is 9.78. The van der Waals surface area contributed by atoms with Crippen LogP contribution in [0.1, 0.15) is 19.8 Å². The summed E-state index contributed by atoms with van der Waals surface area (Å²) in [5, 5.41) is 0. The second-order valence-electron chi connectivity index (χ2n) is 3.45. The van der Waals surface area contributed by atoms with Crippen molar-refractivity contribution in [2.75, 3.05) is 18.6 Å². The molecule has 0 aromatic carbocycles. The van der Waals surface area contributed by atoms with Crippen LogP contribution >= 0.6 is 11.8 Å². The van der Waals surface area contributed by atoms with E-state index in [1.807, 2.05) is 6.92 Å². The molecule has 0 aromatic heterocycles. The van der Waals surface area contributed by atoms with E-state index in [4.69, 9.17) is 10.5 Å². The fraction of sp³-hybridized carbons (Fsp3) is 0.889. The normalized spacial score (nSPS) is 34.2. The van der Waals surface area contributed by atoms with Gasteiger partial charge >= 0.3 is 5.97 Å². The molecule has 2 unspecified atom stereocenters. The number of nitrogens with two attached hydrogens (primary N) is 1. The minimum atomic E-state index is -0.433. The van der Waals surface area contributed by atoms with Crippen molar-refractivity contribution in [2.45, 2.75) is 25.8 Å². The molecule has 2 atom stereocenters. The average molecular weight is 203 g/mol. The van der Waals surface area contributed by atoms with E-state index in [1.54, 1.807) is 11.8 Å². The SMILES string of the molecule is CCC1(C(=O)OC)CSCCC1N. The third kappa shape index (κ3) is 1.83. The fourth-order valence-corrected chi connectivity index (χ4v) is 3.24. The van der Waals surface area contributed by atoms with Crippen molar-refractivity contribution in [3.05, 3.63) is 0 Å². The summed E-state index contributed by atoms with van der Waals surface area (Å²) in [6.45, 7) is 2.00. The van der Waals surface area contributed by atoms with E-state index in [1.165, 1.54) is 7.11 Å². The predicted octanol–water partition coefficient (Wildman–Crippen LogP) is 1.02. The Bertz CT molecular complexity index is 198. The Morgan fingerprint density at radius 2 is 2.46 bits per heavy atom. The van der Waals surface area contributed by atoms with E-state index in [-0.39, 0.29) is 12.0 Å². The smallest absolute Gasteiger partial charge is 0.314 e. The van der Waals surface area contributed by atoms with Crippen LogP contribution in [0.4, 0.5) is 0 Å². The first-order chi connectivity index (χ1) is 6.17. The van der Waals surface area contributed by atoms with Crippen LogP contribution in [0.3, 0.4) is 0 Å². The first-order valence-electron chi connectivity index (χ1n) is 4.59. The van der Waals surface area contributed by atoms with Gasteiger partial charge in [-0.3, -0.25) is 4.79 Å². The second-order valence-corrected chi connectivity index (χ2v) is 4.55. The standard InChI is InChI=1S/C9H17NO2S/c1-3-9(8(11)12-2)6-13-5-4-7(9)10/h7H,3-6,10H2,1-2H3. The van der Waals surface area contributed by atoms with Crippen LogP contribution in [-0.4, -0.2) is 30.6 Å². The van der Waals surface area contributed by atoms with Crippen molar-refractivity contribution >= 4 is 17.7 Å². The van der Waals surface area contributed by atoms with Gasteiger partial charge < -0.3 is 10.5 Å². The van der Waals surface area contributed by atoms with Crippen LogP contribution < -0.4 is 5.73 Å². The quantitative estimate of drug-likeness (QED) is 0.681. The van der Waals surface area contributed by atoms with Gasteiger partial charge in [-0.05, 0) is 18.6 Å². The highest BCUT2D eigenvalue weighted by atomic mass is 32.2. The maximum Gasteiger partial charge on any atom is 0.314 e. The highest BCUT2D eigenvalue weighted by Gasteiger charge is 2.45. The first-order valence-corrected chi connectivity index (χ1v) is 5.74. The van der Waals surface area contributed by atoms with Crippen molar-refractivity contribution < 1.29 is 9.53 Å². The summed E-state index contributed by atoms with van der Waals surface area (Å²) in [5.41, 5.74) is 5.55. The first kappa shape index (κ1) is 10.9. The number of ether oxygens (including phenoxy) is 1. The Morgan fingerprint density at radius 1 is 1.77 bits per heavy atom. The van der Waals surface area contributed by atoms with Crippen molar-refractivity contribution in [1.29, 1.82) is 0 Å². The molecule has 4 heteroatoms. The largest absolute Gasteiger partial charge is 0.469 e. The molecule has 0 saturated carbocycles. The predicted molar refractivity (Wildman–Crippen MR) is 54.7 cm³/mol. The Balaban J connectivity index is 2.82. The van der Waals surface area contributed by atoms with Gasteiger partial charge in [-0.25, -0.2) is 0 Å². The summed E-state index contributed by atoms with van der Waals surface area (Å²) in [6, 6.07) is -0.0359. The lowest BCUT2D eigenvalue weighted by Crippen LogP contribution is -2.52. The summed E-state index contributed by atoms with van der Waals surface area (Å²) in [6.07, 6.45) is 1.68. The van der Waals surface area contributed by atoms with Crippen LogP contribution in [0.2, 0.25) is 0 Å². The summed E-state index contributed by atoms with van der Waals surface area (Å²) in [4.78, 5) is 11.6. The summed E-state index contributed by atoms with van der Waals surface area (Å²) >= 11 is 1.79. The monoisotopic (exact) mass is 203 g/mol. The van der Waals surface area contributed by atoms with Gasteiger partial charge in [-0.1, -0.05) is 6.92 Å². The topological polar surface area (TPSA) is 52.3 Å². The van der Waals surface area contributed by atoms with Gasteiger partial charge in [0.15, 0.2) is 0 Å². The lowest BCUT2D eigenvalue weighted by molar-refractivity contribution is -0.153. The Labute approximate surface area is 83.4 Å². The average Bonchev–Trinajstić information content (AvgIpc) is 2.18. The zero-order valence-corrected chi connectivity index (χ0v) is 9.02. The molecule has 0 radical (unpaired) electrons. The molecule has 1 aliphatic heterocycles. The molecule has 0 amide bonds. The molecule has 3 nitrogen and oxygen atoms in total. The van der Waals surface area contributed by atoms with Gasteiger partial charge in [0.05, 0.1) is 12.5 Å². The van der Waals surface area contributed by atoms with Gasteiger partial charge in [0.2, 0.25) is 0 Å². The van der Waals surface area contributed by atoms with Crippen molar-refractivity contribution in [2.24, 2.45) is 11.1 Å². The molecular weight excluding hydrogens is 186 g/mol. The number of carbonyl (C=O) groups excluding carboxylic acids is 1. The Hall–Kier alpha value is -0.220. The maximum atomic E-state index is 11.6. The summed E-state index contributed by atoms with van der Waals surface area (Å²) < 4.78 is 4.82. The zero-order valence-electron chi connectivity index (χ0n) is 8.21. The number of methoxy groups -OCH3 is 1. The highest BCUT2D eigenvalue weighted by molar-refractivity contribution is 7.99. The highest BCUT2D eigenvalue weighted by Crippen LogP contribution is 2.37. The number of esters is 1. The van der Waals surface area contributed by atoms with Crippen LogP contribution in [0.5, 0.6) is 0 Å². The zero-order chi connectivity index (χ0) is 9.90. The number of rotatable bonds is 2. The molecule has 1 fully saturated rings. The van der Waals surface area contributed by atoms with E-state index in [0.717, 1.165) is 24.3 Å². The van der Waals surface area contributed by atoms with Crippen LogP contribution in [0.25, 0.3) is 0 Å². The Kier molecular flexibility index (Phi) is 3.62. The third-order valence-corrected chi connectivity index (χ3v) is 4.11. The molecule has 1 rings (SSSR count). The molecular formula is C9H17NO2S. The molecule has 2 N–H and O–H groups in total. The minimum Gasteiger partial charge on any atom is -0.469 e. The Morgan fingerprint density at radius 3 is 2.92 bits per heavy atom. The molecule has 13 heavy (non-hydrogen) atoms. The van der Waals surface area contributed by atoms with Gasteiger partial charge in [0.25, 0.3) is 0 Å². The van der Waals surface area contributed by atoms with Crippen LogP contribution in [0, 0.1) is 5.41 Å². The van der Waals surface area contributed by atoms with E-state index in [0.29, 0.717) is 0 Å². The van der Waals surface area contributed by atoms with Crippen molar-refractivity contribution in [1.82, 2.24) is 0 Å². The molecule has 0 spiro atoms. The molecule has 1 aliphatic rings. The molecule has 0 bridgehead atoms. The molecule has 0 aromatic rings. The number of thioether (sulfide) groups is 1. The molecule has 1 heterocycles. The van der Waals surface area contributed by atoms with E-state index in [2.05, 4.69) is 0 Å². The van der Waals surface area contributed by atoms with Gasteiger partial charge in [-0.15, -0.1) is 0 Å². The molecule has 1 saturated heterocycles. The van der Waals surface area contributed by atoms with E-state index < -0.39 is 5.41 Å². The lowest BCUT2D eigenvalue weighted by Gasteiger charge is -2.38. The van der Waals surface area contributed by atoms with Crippen LogP contribution in [0.15, 0.2) is 0 Å². The van der Waals surface area contributed by atoms with Crippen molar-refractivity contribution in [3.8, 4) is 0 Å². The summed E-state index contributed by atoms with van der Waals surface area (Å²) in [5.74, 6) is 1.71. The second kappa shape index (κ2) is 4.33. The van der Waals surface area contributed by atoms with E-state index in [9.17, 15) is 4.79 Å². The van der Waals surface area contributed by atoms with Gasteiger partial charge in [0.1, 0.15) is 0 Å². The van der Waals surface area contributed by atoms with Crippen molar-refractivity contribution in [3.63, 3.8) is 0 Å². The maximum absolute atomic E-state index is 11.6. The minimum absolute atomic E-state index is 0.0359. The van der Waals surface area contributed by atoms with E-state index >= 15 is 0 Å². The molecule has 76 valence electrons. The van der Waals surface area contributed by atoms with Gasteiger partial charge in [-0.2, -0.15) is 11.8 Å². The van der Waals surface area contributed by atoms with Gasteiger partial charge in [0, 0.05) is 11.8 Å². The fourth-order valence-electron chi connectivity index (χ4n) is 1.77. The number of hydrogen-bond acceptors (Lipinski definition) is 4. The molecule has 0 aliphatic carbocycles. The van der Waals surface area contributed by atoms with Crippen LogP contribution in [-0.2, 0) is 9.53 Å². The number of hydrogen-bond donors (Lipinski definition) is 1.